The molecule has 1 saturated carbocycles. The summed E-state index contributed by atoms with van der Waals surface area (Å²) in [5.41, 5.74) is 2.77. The lowest BCUT2D eigenvalue weighted by molar-refractivity contribution is -0.131. The second-order valence-electron chi connectivity index (χ2n) is 9.40. The van der Waals surface area contributed by atoms with Crippen LogP contribution in [0.4, 0.5) is 15.8 Å². The molecule has 0 bridgehead atoms. The summed E-state index contributed by atoms with van der Waals surface area (Å²) in [7, 11) is 1.85. The van der Waals surface area contributed by atoms with Crippen LogP contribution in [0.3, 0.4) is 0 Å². The third-order valence-electron chi connectivity index (χ3n) is 6.61. The molecule has 9 nitrogen and oxygen atoms in total. The number of pyridine rings is 2. The van der Waals surface area contributed by atoms with E-state index in [0.29, 0.717) is 46.7 Å². The number of rotatable bonds is 7. The first-order chi connectivity index (χ1) is 18.9. The van der Waals surface area contributed by atoms with Crippen LogP contribution in [0.2, 0.25) is 0 Å². The maximum Gasteiger partial charge on any atom is 0.240 e. The molecule has 194 valence electrons. The molecular weight excluding hydrogens is 499 g/mol. The third-order valence-corrected chi connectivity index (χ3v) is 6.61. The van der Waals surface area contributed by atoms with Crippen LogP contribution < -0.4 is 15.4 Å². The van der Waals surface area contributed by atoms with Crippen LogP contribution in [0.5, 0.6) is 11.5 Å². The van der Waals surface area contributed by atoms with E-state index in [4.69, 9.17) is 9.72 Å². The number of ether oxygens (including phenoxy) is 1. The van der Waals surface area contributed by atoms with Gasteiger partial charge in [-0.1, -0.05) is 0 Å². The SMILES string of the molecule is Cn1cc(-c2ccc3nccc(Oc4ccc(NC(=O)C5(C(=O)Nc6ccc(F)cc6)CC5)cc4)c3n2)cn1. The van der Waals surface area contributed by atoms with Crippen LogP contribution in [0.15, 0.2) is 85.3 Å². The Balaban J connectivity index is 1.15. The number of halogens is 1. The lowest BCUT2D eigenvalue weighted by Gasteiger charge is -2.16. The Morgan fingerprint density at radius 1 is 0.923 bits per heavy atom. The predicted octanol–water partition coefficient (Wildman–Crippen LogP) is 5.32. The van der Waals surface area contributed by atoms with Gasteiger partial charge in [-0.25, -0.2) is 9.37 Å². The highest BCUT2D eigenvalue weighted by atomic mass is 19.1. The molecule has 2 N–H and O–H groups in total. The van der Waals surface area contributed by atoms with Gasteiger partial charge in [0, 0.05) is 42.4 Å². The predicted molar refractivity (Wildman–Crippen MR) is 144 cm³/mol. The monoisotopic (exact) mass is 522 g/mol. The molecule has 3 heterocycles. The van der Waals surface area contributed by atoms with Gasteiger partial charge >= 0.3 is 0 Å². The number of hydrogen-bond donors (Lipinski definition) is 2. The van der Waals surface area contributed by atoms with Crippen LogP contribution in [0.25, 0.3) is 22.3 Å². The number of nitrogens with one attached hydrogen (secondary N) is 2. The first kappa shape index (κ1) is 24.2. The van der Waals surface area contributed by atoms with Gasteiger partial charge in [0.2, 0.25) is 11.8 Å². The highest BCUT2D eigenvalue weighted by Crippen LogP contribution is 2.47. The Kier molecular flexibility index (Phi) is 5.99. The number of anilines is 2. The molecular formula is C29H23FN6O3. The van der Waals surface area contributed by atoms with E-state index in [-0.39, 0.29) is 5.91 Å². The molecule has 39 heavy (non-hydrogen) atoms. The van der Waals surface area contributed by atoms with E-state index >= 15 is 0 Å². The first-order valence-corrected chi connectivity index (χ1v) is 12.3. The van der Waals surface area contributed by atoms with E-state index in [1.54, 1.807) is 47.4 Å². The molecule has 2 aromatic carbocycles. The maximum absolute atomic E-state index is 13.1. The average molecular weight is 523 g/mol. The maximum atomic E-state index is 13.1. The third kappa shape index (κ3) is 4.91. The minimum Gasteiger partial charge on any atom is -0.455 e. The Morgan fingerprint density at radius 2 is 1.59 bits per heavy atom. The highest BCUT2D eigenvalue weighted by molar-refractivity contribution is 6.16. The van der Waals surface area contributed by atoms with E-state index < -0.39 is 17.1 Å². The van der Waals surface area contributed by atoms with Crippen LogP contribution in [-0.2, 0) is 16.6 Å². The standard InChI is InChI=1S/C29H23FN6O3/c1-36-17-18(16-32-36)23-10-11-24-26(35-23)25(12-15-31-24)39-22-8-6-21(7-9-22)34-28(38)29(13-14-29)27(37)33-20-4-2-19(30)3-5-20/h2-12,15-17H,13-14H2,1H3,(H,33,37)(H,34,38). The number of carbonyl (C=O) groups excluding carboxylic acids is 2. The number of aryl methyl sites for hydroxylation is 1. The Hall–Kier alpha value is -5.12. The second kappa shape index (κ2) is 9.64. The van der Waals surface area contributed by atoms with E-state index in [1.165, 1.54) is 24.3 Å². The molecule has 0 unspecified atom stereocenters. The zero-order valence-corrected chi connectivity index (χ0v) is 20.9. The molecule has 0 atom stereocenters. The number of hydrogen-bond acceptors (Lipinski definition) is 6. The van der Waals surface area contributed by atoms with Crippen molar-refractivity contribution in [1.29, 1.82) is 0 Å². The molecule has 0 radical (unpaired) electrons. The molecule has 2 amide bonds. The van der Waals surface area contributed by atoms with E-state index in [2.05, 4.69) is 20.7 Å². The fourth-order valence-corrected chi connectivity index (χ4v) is 4.25. The summed E-state index contributed by atoms with van der Waals surface area (Å²) in [5, 5.41) is 9.73. The van der Waals surface area contributed by atoms with Crippen molar-refractivity contribution in [3.63, 3.8) is 0 Å². The molecule has 10 heteroatoms. The number of carbonyl (C=O) groups is 2. The molecule has 1 fully saturated rings. The van der Waals surface area contributed by atoms with Gasteiger partial charge in [-0.2, -0.15) is 5.10 Å². The summed E-state index contributed by atoms with van der Waals surface area (Å²) in [6, 6.07) is 17.8. The summed E-state index contributed by atoms with van der Waals surface area (Å²) >= 11 is 0. The Labute approximate surface area is 222 Å². The van der Waals surface area contributed by atoms with E-state index in [9.17, 15) is 14.0 Å². The van der Waals surface area contributed by atoms with Gasteiger partial charge < -0.3 is 15.4 Å². The second-order valence-corrected chi connectivity index (χ2v) is 9.40. The van der Waals surface area contributed by atoms with Gasteiger partial charge in [0.1, 0.15) is 22.5 Å². The van der Waals surface area contributed by atoms with Crippen molar-refractivity contribution in [2.24, 2.45) is 12.5 Å². The Morgan fingerprint density at radius 3 is 2.21 bits per heavy atom. The zero-order valence-electron chi connectivity index (χ0n) is 20.9. The summed E-state index contributed by atoms with van der Waals surface area (Å²) in [6.07, 6.45) is 6.17. The summed E-state index contributed by atoms with van der Waals surface area (Å²) in [6.45, 7) is 0. The number of benzene rings is 2. The quantitative estimate of drug-likeness (QED) is 0.280. The molecule has 0 saturated heterocycles. The first-order valence-electron chi connectivity index (χ1n) is 12.3. The van der Waals surface area contributed by atoms with E-state index in [1.807, 2.05) is 25.4 Å². The minimum atomic E-state index is -1.14. The molecule has 0 spiro atoms. The van der Waals surface area contributed by atoms with Crippen LogP contribution in [0, 0.1) is 11.2 Å². The van der Waals surface area contributed by atoms with Gasteiger partial charge in [0.05, 0.1) is 17.4 Å². The van der Waals surface area contributed by atoms with Crippen LogP contribution in [0.1, 0.15) is 12.8 Å². The summed E-state index contributed by atoms with van der Waals surface area (Å²) in [4.78, 5) is 34.9. The van der Waals surface area contributed by atoms with Gasteiger partial charge in [0.25, 0.3) is 0 Å². The van der Waals surface area contributed by atoms with Crippen molar-refractivity contribution >= 4 is 34.2 Å². The fraction of sp³-hybridized carbons (Fsp3) is 0.138. The lowest BCUT2D eigenvalue weighted by atomic mass is 10.0. The van der Waals surface area contributed by atoms with Gasteiger partial charge in [-0.15, -0.1) is 0 Å². The summed E-state index contributed by atoms with van der Waals surface area (Å²) < 4.78 is 21.0. The van der Waals surface area contributed by atoms with Crippen LogP contribution >= 0.6 is 0 Å². The molecule has 1 aliphatic rings. The number of nitrogens with zero attached hydrogens (tertiary/aromatic N) is 4. The fourth-order valence-electron chi connectivity index (χ4n) is 4.25. The van der Waals surface area contributed by atoms with Crippen molar-refractivity contribution in [3.05, 3.63) is 91.1 Å². The smallest absolute Gasteiger partial charge is 0.240 e. The van der Waals surface area contributed by atoms with Crippen molar-refractivity contribution in [2.45, 2.75) is 12.8 Å². The van der Waals surface area contributed by atoms with Gasteiger partial charge in [-0.05, 0) is 73.5 Å². The average Bonchev–Trinajstić information content (AvgIpc) is 3.65. The molecule has 3 aromatic heterocycles. The minimum absolute atomic E-state index is 0.386. The number of fused-ring (bicyclic) bond motifs is 1. The number of aromatic nitrogens is 4. The summed E-state index contributed by atoms with van der Waals surface area (Å²) in [5.74, 6) is -0.110. The van der Waals surface area contributed by atoms with Crippen molar-refractivity contribution in [3.8, 4) is 22.8 Å². The zero-order chi connectivity index (χ0) is 27.0. The lowest BCUT2D eigenvalue weighted by Crippen LogP contribution is -2.35. The highest BCUT2D eigenvalue weighted by Gasteiger charge is 2.56. The molecule has 1 aliphatic carbocycles. The topological polar surface area (TPSA) is 111 Å². The van der Waals surface area contributed by atoms with Crippen LogP contribution in [-0.4, -0.2) is 31.6 Å². The molecule has 5 aromatic rings. The molecule has 0 aliphatic heterocycles. The molecule has 6 rings (SSSR count). The number of amides is 2. The van der Waals surface area contributed by atoms with Crippen molar-refractivity contribution in [1.82, 2.24) is 19.7 Å². The normalized spacial score (nSPS) is 13.6. The largest absolute Gasteiger partial charge is 0.455 e. The van der Waals surface area contributed by atoms with Crippen molar-refractivity contribution < 1.29 is 18.7 Å². The van der Waals surface area contributed by atoms with Gasteiger partial charge in [0.15, 0.2) is 5.75 Å². The van der Waals surface area contributed by atoms with Gasteiger partial charge in [-0.3, -0.25) is 19.3 Å². The Bertz CT molecular complexity index is 1700. The van der Waals surface area contributed by atoms with Crippen molar-refractivity contribution in [2.75, 3.05) is 10.6 Å². The van der Waals surface area contributed by atoms with E-state index in [0.717, 1.165) is 11.3 Å².